The number of halogens is 3. The standard InChI is InChI=1S/C16H18F3N3/c1-21-9-6-14(7-10-21)22-11-8-15(20-22)12-2-4-13(5-3-12)16(17,18)19/h2-5,8,11,14H,6-7,9-10H2,1H3. The van der Waals surface area contributed by atoms with Crippen LogP contribution in [0.4, 0.5) is 13.2 Å². The lowest BCUT2D eigenvalue weighted by Gasteiger charge is -2.29. The fraction of sp³-hybridized carbons (Fsp3) is 0.438. The van der Waals surface area contributed by atoms with Gasteiger partial charge in [-0.2, -0.15) is 18.3 Å². The van der Waals surface area contributed by atoms with Crippen molar-refractivity contribution in [1.29, 1.82) is 0 Å². The molecule has 1 saturated heterocycles. The van der Waals surface area contributed by atoms with E-state index in [-0.39, 0.29) is 0 Å². The molecule has 0 amide bonds. The predicted molar refractivity (Wildman–Crippen MR) is 78.4 cm³/mol. The number of benzene rings is 1. The van der Waals surface area contributed by atoms with Crippen LogP contribution in [0.3, 0.4) is 0 Å². The Balaban J connectivity index is 1.76. The average Bonchev–Trinajstić information content (AvgIpc) is 2.97. The molecule has 0 aliphatic carbocycles. The van der Waals surface area contributed by atoms with Gasteiger partial charge in [0.15, 0.2) is 0 Å². The first kappa shape index (κ1) is 15.1. The van der Waals surface area contributed by atoms with E-state index in [0.29, 0.717) is 17.3 Å². The van der Waals surface area contributed by atoms with Gasteiger partial charge in [-0.3, -0.25) is 4.68 Å². The van der Waals surface area contributed by atoms with Gasteiger partial charge in [0.1, 0.15) is 0 Å². The van der Waals surface area contributed by atoms with Crippen LogP contribution in [0.1, 0.15) is 24.4 Å². The molecule has 1 aliphatic heterocycles. The van der Waals surface area contributed by atoms with Crippen LogP contribution in [0.2, 0.25) is 0 Å². The molecule has 0 saturated carbocycles. The zero-order valence-electron chi connectivity index (χ0n) is 12.3. The summed E-state index contributed by atoms with van der Waals surface area (Å²) in [6.07, 6.45) is -0.287. The second-order valence-electron chi connectivity index (χ2n) is 5.79. The van der Waals surface area contributed by atoms with Crippen molar-refractivity contribution >= 4 is 0 Å². The first-order valence-corrected chi connectivity index (χ1v) is 7.35. The maximum absolute atomic E-state index is 12.6. The Labute approximate surface area is 127 Å². The summed E-state index contributed by atoms with van der Waals surface area (Å²) in [5.41, 5.74) is 0.790. The van der Waals surface area contributed by atoms with E-state index in [2.05, 4.69) is 17.0 Å². The van der Waals surface area contributed by atoms with E-state index in [1.165, 1.54) is 12.1 Å². The van der Waals surface area contributed by atoms with Crippen LogP contribution in [0, 0.1) is 0 Å². The highest BCUT2D eigenvalue weighted by Gasteiger charge is 2.30. The fourth-order valence-corrected chi connectivity index (χ4v) is 2.78. The van der Waals surface area contributed by atoms with Crippen LogP contribution in [0.5, 0.6) is 0 Å². The number of aromatic nitrogens is 2. The van der Waals surface area contributed by atoms with Gasteiger partial charge in [0, 0.05) is 11.8 Å². The summed E-state index contributed by atoms with van der Waals surface area (Å²) in [4.78, 5) is 2.29. The molecule has 1 aromatic carbocycles. The molecule has 0 radical (unpaired) electrons. The van der Waals surface area contributed by atoms with E-state index >= 15 is 0 Å². The Hall–Kier alpha value is -1.82. The van der Waals surface area contributed by atoms with Crippen molar-refractivity contribution in [3.8, 4) is 11.3 Å². The predicted octanol–water partition coefficient (Wildman–Crippen LogP) is 3.84. The molecule has 1 aromatic heterocycles. The van der Waals surface area contributed by atoms with Crippen LogP contribution in [0.25, 0.3) is 11.3 Å². The third-order valence-corrected chi connectivity index (χ3v) is 4.18. The maximum Gasteiger partial charge on any atom is 0.416 e. The molecule has 3 nitrogen and oxygen atoms in total. The second-order valence-corrected chi connectivity index (χ2v) is 5.79. The summed E-state index contributed by atoms with van der Waals surface area (Å²) >= 11 is 0. The number of nitrogens with zero attached hydrogens (tertiary/aromatic N) is 3. The number of alkyl halides is 3. The summed E-state index contributed by atoms with van der Waals surface area (Å²) in [6.45, 7) is 2.08. The SMILES string of the molecule is CN1CCC(n2ccc(-c3ccc(C(F)(F)F)cc3)n2)CC1. The van der Waals surface area contributed by atoms with Gasteiger partial charge in [0.25, 0.3) is 0 Å². The first-order valence-electron chi connectivity index (χ1n) is 7.35. The summed E-state index contributed by atoms with van der Waals surface area (Å²) in [5.74, 6) is 0. The minimum Gasteiger partial charge on any atom is -0.306 e. The topological polar surface area (TPSA) is 21.1 Å². The van der Waals surface area contributed by atoms with Crippen molar-refractivity contribution in [2.45, 2.75) is 25.1 Å². The lowest BCUT2D eigenvalue weighted by molar-refractivity contribution is -0.137. The second kappa shape index (κ2) is 5.76. The third kappa shape index (κ3) is 3.16. The van der Waals surface area contributed by atoms with E-state index in [1.807, 2.05) is 16.9 Å². The largest absolute Gasteiger partial charge is 0.416 e. The minimum absolute atomic E-state index is 0.374. The zero-order valence-corrected chi connectivity index (χ0v) is 12.3. The molecule has 6 heteroatoms. The molecular formula is C16H18F3N3. The van der Waals surface area contributed by atoms with Gasteiger partial charge in [0.05, 0.1) is 17.3 Å². The van der Waals surface area contributed by atoms with E-state index in [9.17, 15) is 13.2 Å². The van der Waals surface area contributed by atoms with Crippen molar-refractivity contribution in [3.05, 3.63) is 42.1 Å². The van der Waals surface area contributed by atoms with Crippen molar-refractivity contribution < 1.29 is 13.2 Å². The number of rotatable bonds is 2. The Morgan fingerprint density at radius 3 is 2.27 bits per heavy atom. The Morgan fingerprint density at radius 1 is 1.05 bits per heavy atom. The Bertz CT molecular complexity index is 623. The van der Waals surface area contributed by atoms with E-state index in [4.69, 9.17) is 0 Å². The van der Waals surface area contributed by atoms with E-state index in [0.717, 1.165) is 38.1 Å². The summed E-state index contributed by atoms with van der Waals surface area (Å²) < 4.78 is 39.7. The van der Waals surface area contributed by atoms with Crippen molar-refractivity contribution in [2.24, 2.45) is 0 Å². The van der Waals surface area contributed by atoms with Crippen LogP contribution in [-0.2, 0) is 6.18 Å². The average molecular weight is 309 g/mol. The van der Waals surface area contributed by atoms with Gasteiger partial charge in [-0.25, -0.2) is 0 Å². The molecule has 0 atom stereocenters. The highest BCUT2D eigenvalue weighted by molar-refractivity contribution is 5.59. The number of hydrogen-bond acceptors (Lipinski definition) is 2. The van der Waals surface area contributed by atoms with Gasteiger partial charge in [-0.1, -0.05) is 12.1 Å². The first-order chi connectivity index (χ1) is 10.4. The van der Waals surface area contributed by atoms with Gasteiger partial charge >= 0.3 is 6.18 Å². The molecular weight excluding hydrogens is 291 g/mol. The van der Waals surface area contributed by atoms with E-state index < -0.39 is 11.7 Å². The summed E-state index contributed by atoms with van der Waals surface area (Å²) in [5, 5.41) is 4.54. The molecule has 1 fully saturated rings. The van der Waals surface area contributed by atoms with Crippen LogP contribution in [0.15, 0.2) is 36.5 Å². The van der Waals surface area contributed by atoms with Gasteiger partial charge in [-0.05, 0) is 51.2 Å². The monoisotopic (exact) mass is 309 g/mol. The molecule has 2 heterocycles. The smallest absolute Gasteiger partial charge is 0.306 e. The normalized spacial score (nSPS) is 17.8. The highest BCUT2D eigenvalue weighted by Crippen LogP contribution is 2.31. The van der Waals surface area contributed by atoms with Crippen LogP contribution in [-0.4, -0.2) is 34.8 Å². The molecule has 3 rings (SSSR count). The quantitative estimate of drug-likeness (QED) is 0.840. The molecule has 0 unspecified atom stereocenters. The molecule has 0 bridgehead atoms. The molecule has 0 spiro atoms. The molecule has 2 aromatic rings. The highest BCUT2D eigenvalue weighted by atomic mass is 19.4. The van der Waals surface area contributed by atoms with E-state index in [1.54, 1.807) is 0 Å². The number of piperidine rings is 1. The van der Waals surface area contributed by atoms with Gasteiger partial charge in [0.2, 0.25) is 0 Å². The number of likely N-dealkylation sites (tertiary alicyclic amines) is 1. The van der Waals surface area contributed by atoms with Gasteiger partial charge in [-0.15, -0.1) is 0 Å². The van der Waals surface area contributed by atoms with Crippen molar-refractivity contribution in [3.63, 3.8) is 0 Å². The third-order valence-electron chi connectivity index (χ3n) is 4.18. The maximum atomic E-state index is 12.6. The molecule has 0 N–H and O–H groups in total. The lowest BCUT2D eigenvalue weighted by Crippen LogP contribution is -2.31. The van der Waals surface area contributed by atoms with Crippen LogP contribution >= 0.6 is 0 Å². The Kier molecular flexibility index (Phi) is 3.95. The van der Waals surface area contributed by atoms with Crippen molar-refractivity contribution in [1.82, 2.24) is 14.7 Å². The minimum atomic E-state index is -4.30. The Morgan fingerprint density at radius 2 is 1.68 bits per heavy atom. The zero-order chi connectivity index (χ0) is 15.7. The number of hydrogen-bond donors (Lipinski definition) is 0. The van der Waals surface area contributed by atoms with Crippen molar-refractivity contribution in [2.75, 3.05) is 20.1 Å². The molecule has 118 valence electrons. The summed E-state index contributed by atoms with van der Waals surface area (Å²) in [7, 11) is 2.10. The molecule has 1 aliphatic rings. The fourth-order valence-electron chi connectivity index (χ4n) is 2.78. The lowest BCUT2D eigenvalue weighted by atomic mass is 10.1. The molecule has 22 heavy (non-hydrogen) atoms. The van der Waals surface area contributed by atoms with Crippen LogP contribution < -0.4 is 0 Å². The summed E-state index contributed by atoms with van der Waals surface area (Å²) in [6, 6.07) is 7.39. The van der Waals surface area contributed by atoms with Gasteiger partial charge < -0.3 is 4.90 Å².